The maximum atomic E-state index is 13.4. The highest BCUT2D eigenvalue weighted by Gasteiger charge is 2.25. The summed E-state index contributed by atoms with van der Waals surface area (Å²) in [5.74, 6) is -0.694. The lowest BCUT2D eigenvalue weighted by molar-refractivity contribution is -0.391. The van der Waals surface area contributed by atoms with E-state index in [9.17, 15) is 14.5 Å². The molecule has 2 aromatic heterocycles. The Bertz CT molecular complexity index is 811. The van der Waals surface area contributed by atoms with Gasteiger partial charge in [0.05, 0.1) is 0 Å². The number of hydrogen-bond acceptors (Lipinski definition) is 5. The van der Waals surface area contributed by atoms with Crippen molar-refractivity contribution < 1.29 is 14.1 Å². The van der Waals surface area contributed by atoms with Crippen molar-refractivity contribution in [1.82, 2.24) is 9.38 Å². The number of imidazole rings is 1. The van der Waals surface area contributed by atoms with Gasteiger partial charge in [0.2, 0.25) is 0 Å². The summed E-state index contributed by atoms with van der Waals surface area (Å²) in [6.07, 6.45) is 1.54. The number of nitrogens with zero attached hydrogens (tertiary/aromatic N) is 3. The van der Waals surface area contributed by atoms with Crippen molar-refractivity contribution in [1.29, 1.82) is 0 Å². The topological polar surface area (TPSA) is 69.7 Å². The molecule has 102 valence electrons. The predicted octanol–water partition coefficient (Wildman–Crippen LogP) is 3.54. The van der Waals surface area contributed by atoms with Crippen LogP contribution in [0.4, 0.5) is 10.2 Å². The van der Waals surface area contributed by atoms with Crippen LogP contribution in [0.15, 0.2) is 29.8 Å². The number of aromatic nitrogens is 2. The van der Waals surface area contributed by atoms with Crippen LogP contribution in [0.2, 0.25) is 0 Å². The molecule has 6 nitrogen and oxygen atoms in total. The molecule has 0 N–H and O–H groups in total. The van der Waals surface area contributed by atoms with Crippen molar-refractivity contribution in [3.05, 3.63) is 51.3 Å². The summed E-state index contributed by atoms with van der Waals surface area (Å²) in [6, 6.07) is 4.25. The van der Waals surface area contributed by atoms with Gasteiger partial charge in [-0.2, -0.15) is 9.38 Å². The molecule has 3 rings (SSSR count). The quantitative estimate of drug-likeness (QED) is 0.547. The van der Waals surface area contributed by atoms with Crippen LogP contribution < -0.4 is 4.74 Å². The number of aryl methyl sites for hydroxylation is 1. The summed E-state index contributed by atoms with van der Waals surface area (Å²) < 4.78 is 20.1. The Hall–Kier alpha value is -2.48. The van der Waals surface area contributed by atoms with E-state index in [4.69, 9.17) is 4.74 Å². The van der Waals surface area contributed by atoms with E-state index >= 15 is 0 Å². The van der Waals surface area contributed by atoms with Crippen LogP contribution >= 0.6 is 11.3 Å². The molecule has 1 aromatic carbocycles. The van der Waals surface area contributed by atoms with Crippen LogP contribution in [0.3, 0.4) is 0 Å². The third-order valence-electron chi connectivity index (χ3n) is 2.74. The molecule has 0 aliphatic heterocycles. The Morgan fingerprint density at radius 3 is 3.00 bits per heavy atom. The molecule has 0 aliphatic carbocycles. The fraction of sp³-hybridized carbons (Fsp3) is 0.0833. The Kier molecular flexibility index (Phi) is 2.87. The number of benzene rings is 1. The number of fused-ring (bicyclic) bond motifs is 1. The molecule has 0 saturated carbocycles. The van der Waals surface area contributed by atoms with Gasteiger partial charge in [0, 0.05) is 11.4 Å². The minimum absolute atomic E-state index is 0.148. The molecule has 8 heteroatoms. The average molecular weight is 293 g/mol. The van der Waals surface area contributed by atoms with Crippen molar-refractivity contribution in [2.45, 2.75) is 6.92 Å². The Morgan fingerprint density at radius 1 is 1.50 bits per heavy atom. The van der Waals surface area contributed by atoms with Crippen molar-refractivity contribution in [3.63, 3.8) is 0 Å². The third kappa shape index (κ3) is 1.99. The van der Waals surface area contributed by atoms with E-state index in [1.807, 2.05) is 0 Å². The number of thiazole rings is 1. The van der Waals surface area contributed by atoms with E-state index in [2.05, 4.69) is 4.98 Å². The molecule has 0 fully saturated rings. The highest BCUT2D eigenvalue weighted by atomic mass is 32.1. The largest absolute Gasteiger partial charge is 0.432 e. The molecule has 0 amide bonds. The molecule has 0 bridgehead atoms. The SMILES string of the molecule is Cc1ccc(Oc2nc3sccn3c2[N+](=O)[O-])cc1F. The normalized spacial score (nSPS) is 10.9. The monoisotopic (exact) mass is 293 g/mol. The highest BCUT2D eigenvalue weighted by Crippen LogP contribution is 2.33. The van der Waals surface area contributed by atoms with E-state index < -0.39 is 10.7 Å². The van der Waals surface area contributed by atoms with Crippen molar-refractivity contribution in [2.75, 3.05) is 0 Å². The minimum atomic E-state index is -0.577. The van der Waals surface area contributed by atoms with E-state index in [0.29, 0.717) is 10.5 Å². The molecule has 3 aromatic rings. The molecule has 0 spiro atoms. The number of rotatable bonds is 3. The lowest BCUT2D eigenvalue weighted by Gasteiger charge is -2.03. The van der Waals surface area contributed by atoms with Gasteiger partial charge < -0.3 is 14.9 Å². The maximum absolute atomic E-state index is 13.4. The Labute approximate surface area is 116 Å². The summed E-state index contributed by atoms with van der Waals surface area (Å²) in [5.41, 5.74) is 0.470. The second kappa shape index (κ2) is 4.57. The van der Waals surface area contributed by atoms with Crippen molar-refractivity contribution >= 4 is 22.1 Å². The van der Waals surface area contributed by atoms with Gasteiger partial charge in [-0.15, -0.1) is 0 Å². The van der Waals surface area contributed by atoms with Gasteiger partial charge in [-0.1, -0.05) is 17.4 Å². The van der Waals surface area contributed by atoms with Crippen LogP contribution in [0.5, 0.6) is 11.6 Å². The molecule has 0 unspecified atom stereocenters. The summed E-state index contributed by atoms with van der Waals surface area (Å²) in [7, 11) is 0. The first kappa shape index (κ1) is 12.5. The van der Waals surface area contributed by atoms with Crippen LogP contribution in [-0.4, -0.2) is 14.3 Å². The summed E-state index contributed by atoms with van der Waals surface area (Å²) >= 11 is 1.25. The molecule has 0 atom stereocenters. The van der Waals surface area contributed by atoms with Gasteiger partial charge in [-0.3, -0.25) is 0 Å². The molecule has 0 radical (unpaired) electrons. The first-order chi connectivity index (χ1) is 9.56. The summed E-state index contributed by atoms with van der Waals surface area (Å²) in [4.78, 5) is 15.0. The first-order valence-corrected chi connectivity index (χ1v) is 6.48. The zero-order valence-electron chi connectivity index (χ0n) is 10.2. The second-order valence-electron chi connectivity index (χ2n) is 4.07. The molecule has 0 saturated heterocycles. The van der Waals surface area contributed by atoms with E-state index in [1.54, 1.807) is 12.3 Å². The fourth-order valence-corrected chi connectivity index (χ4v) is 2.44. The standard InChI is InChI=1S/C12H8FN3O3S/c1-7-2-3-8(6-9(7)13)19-10-11(16(17)18)15-4-5-20-12(15)14-10/h2-6H,1H3. The smallest absolute Gasteiger partial charge is 0.393 e. The Morgan fingerprint density at radius 2 is 2.30 bits per heavy atom. The molecule has 0 aliphatic rings. The van der Waals surface area contributed by atoms with Gasteiger partial charge in [-0.25, -0.2) is 4.39 Å². The predicted molar refractivity (Wildman–Crippen MR) is 70.9 cm³/mol. The molecular formula is C12H8FN3O3S. The molecule has 2 heterocycles. The van der Waals surface area contributed by atoms with E-state index in [0.717, 1.165) is 0 Å². The number of ether oxygens (including phenoxy) is 1. The van der Waals surface area contributed by atoms with E-state index in [-0.39, 0.29) is 17.4 Å². The fourth-order valence-electron chi connectivity index (χ4n) is 1.74. The Balaban J connectivity index is 2.05. The van der Waals surface area contributed by atoms with Gasteiger partial charge >= 0.3 is 11.7 Å². The van der Waals surface area contributed by atoms with Crippen LogP contribution in [0.25, 0.3) is 4.96 Å². The molecule has 20 heavy (non-hydrogen) atoms. The highest BCUT2D eigenvalue weighted by molar-refractivity contribution is 7.15. The van der Waals surface area contributed by atoms with Crippen LogP contribution in [0, 0.1) is 22.9 Å². The lowest BCUT2D eigenvalue weighted by Crippen LogP contribution is -1.95. The third-order valence-corrected chi connectivity index (χ3v) is 3.49. The van der Waals surface area contributed by atoms with Crippen molar-refractivity contribution in [3.8, 4) is 11.6 Å². The number of halogens is 1. The van der Waals surface area contributed by atoms with Gasteiger partial charge in [0.25, 0.3) is 4.96 Å². The number of nitro groups is 1. The van der Waals surface area contributed by atoms with E-state index in [1.165, 1.54) is 40.1 Å². The summed E-state index contributed by atoms with van der Waals surface area (Å²) in [5, 5.41) is 12.8. The minimum Gasteiger partial charge on any atom is -0.432 e. The summed E-state index contributed by atoms with van der Waals surface area (Å²) in [6.45, 7) is 1.62. The zero-order chi connectivity index (χ0) is 14.3. The molecular weight excluding hydrogens is 285 g/mol. The average Bonchev–Trinajstić information content (AvgIpc) is 2.93. The zero-order valence-corrected chi connectivity index (χ0v) is 11.1. The first-order valence-electron chi connectivity index (χ1n) is 5.60. The van der Waals surface area contributed by atoms with Gasteiger partial charge in [-0.05, 0) is 23.5 Å². The van der Waals surface area contributed by atoms with Gasteiger partial charge in [0.1, 0.15) is 17.8 Å². The lowest BCUT2D eigenvalue weighted by atomic mass is 10.2. The van der Waals surface area contributed by atoms with Gasteiger partial charge in [0.15, 0.2) is 0 Å². The van der Waals surface area contributed by atoms with Crippen molar-refractivity contribution in [2.24, 2.45) is 0 Å². The van der Waals surface area contributed by atoms with Crippen LogP contribution in [-0.2, 0) is 0 Å². The maximum Gasteiger partial charge on any atom is 0.393 e. The number of hydrogen-bond donors (Lipinski definition) is 0. The van der Waals surface area contributed by atoms with Crippen LogP contribution in [0.1, 0.15) is 5.56 Å². The second-order valence-corrected chi connectivity index (χ2v) is 4.94.